The van der Waals surface area contributed by atoms with Gasteiger partial charge < -0.3 is 20.9 Å². The summed E-state index contributed by atoms with van der Waals surface area (Å²) in [4.78, 5) is 19.4. The topological polar surface area (TPSA) is 81.3 Å². The summed E-state index contributed by atoms with van der Waals surface area (Å²) in [6.45, 7) is 4.10. The quantitative estimate of drug-likeness (QED) is 0.138. The molecule has 0 fully saturated rings. The fourth-order valence-electron chi connectivity index (χ4n) is 3.34. The number of halogens is 2. The summed E-state index contributed by atoms with van der Waals surface area (Å²) in [6.07, 6.45) is 4.75. The van der Waals surface area contributed by atoms with Crippen molar-refractivity contribution >= 4 is 46.7 Å². The predicted molar refractivity (Wildman–Crippen MR) is 139 cm³/mol. The molecule has 0 spiro atoms. The number of hydrogen-bond donors (Lipinski definition) is 4. The van der Waals surface area contributed by atoms with E-state index in [4.69, 9.17) is 0 Å². The lowest BCUT2D eigenvalue weighted by molar-refractivity contribution is 0.0953. The maximum Gasteiger partial charge on any atom is 0.251 e. The van der Waals surface area contributed by atoms with Gasteiger partial charge in [0.05, 0.1) is 0 Å². The first-order chi connectivity index (χ1) is 15.1. The summed E-state index contributed by atoms with van der Waals surface area (Å²) in [5, 5.41) is 10.5. The molecule has 1 amide bonds. The zero-order valence-electron chi connectivity index (χ0n) is 18.5. The second kappa shape index (κ2) is 13.0. The number of aliphatic imine (C=N–C) groups is 1. The van der Waals surface area contributed by atoms with Gasteiger partial charge in [-0.15, -0.1) is 24.0 Å². The van der Waals surface area contributed by atoms with Crippen molar-refractivity contribution < 1.29 is 9.18 Å². The first-order valence-corrected chi connectivity index (χ1v) is 10.7. The number of nitrogens with one attached hydrogen (secondary N) is 4. The van der Waals surface area contributed by atoms with Crippen molar-refractivity contribution in [3.8, 4) is 0 Å². The van der Waals surface area contributed by atoms with Crippen LogP contribution in [0.4, 0.5) is 4.39 Å². The van der Waals surface area contributed by atoms with Gasteiger partial charge >= 0.3 is 0 Å². The number of hydrogen-bond acceptors (Lipinski definition) is 2. The molecule has 32 heavy (non-hydrogen) atoms. The minimum absolute atomic E-state index is 0. The third-order valence-electron chi connectivity index (χ3n) is 5.13. The zero-order chi connectivity index (χ0) is 22.1. The molecule has 3 aromatic rings. The summed E-state index contributed by atoms with van der Waals surface area (Å²) >= 11 is 0. The van der Waals surface area contributed by atoms with E-state index in [9.17, 15) is 9.18 Å². The summed E-state index contributed by atoms with van der Waals surface area (Å²) < 4.78 is 13.3. The minimum Gasteiger partial charge on any atom is -0.361 e. The maximum absolute atomic E-state index is 13.3. The van der Waals surface area contributed by atoms with Gasteiger partial charge in [0.2, 0.25) is 0 Å². The largest absolute Gasteiger partial charge is 0.361 e. The third-order valence-corrected chi connectivity index (χ3v) is 5.13. The van der Waals surface area contributed by atoms with Crippen LogP contribution in [0.25, 0.3) is 10.9 Å². The molecule has 0 saturated carbocycles. The van der Waals surface area contributed by atoms with E-state index in [1.807, 2.05) is 30.5 Å². The first-order valence-electron chi connectivity index (χ1n) is 10.7. The van der Waals surface area contributed by atoms with Crippen LogP contribution in [-0.2, 0) is 13.0 Å². The van der Waals surface area contributed by atoms with Crippen LogP contribution in [0.15, 0.2) is 53.7 Å². The van der Waals surface area contributed by atoms with E-state index in [0.29, 0.717) is 31.2 Å². The SMILES string of the molecule is CCCCNC(=O)c1ccc(CNC(=NC)NCCc2c[nH]c3cc(F)ccc23)cc1.I. The van der Waals surface area contributed by atoms with Gasteiger partial charge in [-0.05, 0) is 54.3 Å². The van der Waals surface area contributed by atoms with Crippen molar-refractivity contribution in [1.82, 2.24) is 20.9 Å². The highest BCUT2D eigenvalue weighted by atomic mass is 127. The smallest absolute Gasteiger partial charge is 0.251 e. The molecule has 3 rings (SSSR count). The van der Waals surface area contributed by atoms with Crippen molar-refractivity contribution in [3.05, 3.63) is 71.2 Å². The Labute approximate surface area is 205 Å². The number of nitrogens with zero attached hydrogens (tertiary/aromatic N) is 1. The molecule has 1 aromatic heterocycles. The van der Waals surface area contributed by atoms with Gasteiger partial charge in [0.25, 0.3) is 5.91 Å². The minimum atomic E-state index is -0.242. The molecule has 6 nitrogen and oxygen atoms in total. The molecule has 0 radical (unpaired) electrons. The molecule has 4 N–H and O–H groups in total. The van der Waals surface area contributed by atoms with Crippen LogP contribution < -0.4 is 16.0 Å². The molecule has 0 aliphatic rings. The molecule has 0 saturated heterocycles. The first kappa shape index (κ1) is 25.6. The molecule has 0 atom stereocenters. The second-order valence-electron chi connectivity index (χ2n) is 7.41. The summed E-state index contributed by atoms with van der Waals surface area (Å²) in [5.74, 6) is 0.423. The molecule has 0 aliphatic carbocycles. The molecule has 0 bridgehead atoms. The Bertz CT molecular complexity index is 1030. The van der Waals surface area contributed by atoms with Gasteiger partial charge in [-0.3, -0.25) is 9.79 Å². The average Bonchev–Trinajstić information content (AvgIpc) is 3.18. The molecular formula is C24H31FIN5O. The third kappa shape index (κ3) is 7.22. The van der Waals surface area contributed by atoms with Crippen LogP contribution in [-0.4, -0.2) is 37.0 Å². The van der Waals surface area contributed by atoms with Crippen LogP contribution in [0, 0.1) is 5.82 Å². The lowest BCUT2D eigenvalue weighted by Crippen LogP contribution is -2.37. The van der Waals surface area contributed by atoms with E-state index in [1.54, 1.807) is 13.1 Å². The highest BCUT2D eigenvalue weighted by Gasteiger charge is 2.07. The number of aromatic nitrogens is 1. The summed E-state index contributed by atoms with van der Waals surface area (Å²) in [7, 11) is 1.73. The van der Waals surface area contributed by atoms with E-state index in [-0.39, 0.29) is 35.7 Å². The zero-order valence-corrected chi connectivity index (χ0v) is 20.8. The van der Waals surface area contributed by atoms with Crippen molar-refractivity contribution in [1.29, 1.82) is 0 Å². The highest BCUT2D eigenvalue weighted by molar-refractivity contribution is 14.0. The molecule has 2 aromatic carbocycles. The highest BCUT2D eigenvalue weighted by Crippen LogP contribution is 2.19. The van der Waals surface area contributed by atoms with Gasteiger partial charge in [0, 0.05) is 49.3 Å². The lowest BCUT2D eigenvalue weighted by Gasteiger charge is -2.12. The Morgan fingerprint density at radius 1 is 1.06 bits per heavy atom. The van der Waals surface area contributed by atoms with Gasteiger partial charge in [-0.25, -0.2) is 4.39 Å². The van der Waals surface area contributed by atoms with E-state index < -0.39 is 0 Å². The van der Waals surface area contributed by atoms with Crippen LogP contribution in [0.1, 0.15) is 41.3 Å². The van der Waals surface area contributed by atoms with E-state index in [0.717, 1.165) is 41.3 Å². The Morgan fingerprint density at radius 3 is 2.56 bits per heavy atom. The number of carbonyl (C=O) groups is 1. The normalized spacial score (nSPS) is 11.2. The van der Waals surface area contributed by atoms with Gasteiger partial charge in [0.1, 0.15) is 5.82 Å². The fraction of sp³-hybridized carbons (Fsp3) is 0.333. The maximum atomic E-state index is 13.3. The van der Waals surface area contributed by atoms with Crippen LogP contribution in [0.3, 0.4) is 0 Å². The number of carbonyl (C=O) groups excluding carboxylic acids is 1. The van der Waals surface area contributed by atoms with Crippen LogP contribution in [0.5, 0.6) is 0 Å². The molecule has 172 valence electrons. The number of benzene rings is 2. The molecule has 8 heteroatoms. The van der Waals surface area contributed by atoms with Crippen molar-refractivity contribution in [2.24, 2.45) is 4.99 Å². The van der Waals surface area contributed by atoms with Crippen LogP contribution >= 0.6 is 24.0 Å². The monoisotopic (exact) mass is 551 g/mol. The Hall–Kier alpha value is -2.62. The number of H-pyrrole nitrogens is 1. The number of guanidine groups is 1. The Kier molecular flexibility index (Phi) is 10.5. The number of unbranched alkanes of at least 4 members (excludes halogenated alkanes) is 1. The second-order valence-corrected chi connectivity index (χ2v) is 7.41. The Morgan fingerprint density at radius 2 is 1.84 bits per heavy atom. The van der Waals surface area contributed by atoms with E-state index >= 15 is 0 Å². The van der Waals surface area contributed by atoms with Crippen molar-refractivity contribution in [3.63, 3.8) is 0 Å². The van der Waals surface area contributed by atoms with E-state index in [2.05, 4.69) is 32.9 Å². The van der Waals surface area contributed by atoms with Gasteiger partial charge in [-0.1, -0.05) is 25.5 Å². The standard InChI is InChI=1S/C24H30FN5O.HI/c1-3-4-12-27-23(31)18-7-5-17(6-8-18)15-30-24(26-2)28-13-11-19-16-29-22-14-20(25)9-10-21(19)22;/h5-10,14,16,29H,3-4,11-13,15H2,1-2H3,(H,27,31)(H2,26,28,30);1H. The van der Waals surface area contributed by atoms with E-state index in [1.165, 1.54) is 12.1 Å². The molecule has 0 aliphatic heterocycles. The fourth-order valence-corrected chi connectivity index (χ4v) is 3.34. The predicted octanol–water partition coefficient (Wildman–Crippen LogP) is 4.36. The van der Waals surface area contributed by atoms with Crippen LogP contribution in [0.2, 0.25) is 0 Å². The van der Waals surface area contributed by atoms with Crippen molar-refractivity contribution in [2.45, 2.75) is 32.7 Å². The van der Waals surface area contributed by atoms with Gasteiger partial charge in [-0.2, -0.15) is 0 Å². The molecule has 0 unspecified atom stereocenters. The molecule has 1 heterocycles. The molecular weight excluding hydrogens is 520 g/mol. The number of aromatic amines is 1. The number of rotatable bonds is 9. The average molecular weight is 551 g/mol. The summed E-state index contributed by atoms with van der Waals surface area (Å²) in [5.41, 5.74) is 3.67. The lowest BCUT2D eigenvalue weighted by atomic mass is 10.1. The number of amides is 1. The van der Waals surface area contributed by atoms with Gasteiger partial charge in [0.15, 0.2) is 5.96 Å². The van der Waals surface area contributed by atoms with Crippen molar-refractivity contribution in [2.75, 3.05) is 20.1 Å². The Balaban J connectivity index is 0.00000363. The summed E-state index contributed by atoms with van der Waals surface area (Å²) in [6, 6.07) is 12.4. The number of fused-ring (bicyclic) bond motifs is 1.